The molecule has 390 valence electrons. The Kier molecular flexibility index (Phi) is 54.5. The van der Waals surface area contributed by atoms with E-state index in [4.69, 9.17) is 4.74 Å². The summed E-state index contributed by atoms with van der Waals surface area (Å²) in [6, 6.07) is -0.642. The number of carbonyl (C=O) groups excluding carboxylic acids is 2. The lowest BCUT2D eigenvalue weighted by Crippen LogP contribution is -2.45. The van der Waals surface area contributed by atoms with E-state index in [9.17, 15) is 19.8 Å². The van der Waals surface area contributed by atoms with Gasteiger partial charge in [0.05, 0.1) is 25.4 Å². The van der Waals surface area contributed by atoms with Crippen molar-refractivity contribution < 1.29 is 24.5 Å². The number of esters is 1. The van der Waals surface area contributed by atoms with Crippen LogP contribution in [0, 0.1) is 0 Å². The van der Waals surface area contributed by atoms with E-state index in [1.807, 2.05) is 6.08 Å². The first-order valence-corrected chi connectivity index (χ1v) is 29.6. The average molecular weight is 931 g/mol. The third kappa shape index (κ3) is 51.7. The molecule has 66 heavy (non-hydrogen) atoms. The van der Waals surface area contributed by atoms with Gasteiger partial charge < -0.3 is 20.3 Å². The number of rotatable bonds is 55. The van der Waals surface area contributed by atoms with Crippen molar-refractivity contribution in [3.63, 3.8) is 0 Å². The maximum atomic E-state index is 12.5. The summed E-state index contributed by atoms with van der Waals surface area (Å²) >= 11 is 0. The maximum Gasteiger partial charge on any atom is 0.305 e. The Hall–Kier alpha value is -1.66. The first-order valence-electron chi connectivity index (χ1n) is 29.6. The van der Waals surface area contributed by atoms with Crippen LogP contribution < -0.4 is 5.32 Å². The highest BCUT2D eigenvalue weighted by molar-refractivity contribution is 5.76. The fourth-order valence-corrected chi connectivity index (χ4v) is 9.16. The molecule has 0 radical (unpaired) electrons. The standard InChI is InChI=1S/C60H115NO5/c1-3-5-7-9-11-13-15-17-19-21-23-25-27-29-32-36-40-44-48-52-58(63)57(56-62)61-59(64)53-49-45-41-37-33-31-35-39-43-47-51-55-66-60(65)54-50-46-42-38-34-30-28-26-24-22-20-18-16-14-12-10-8-6-4-2/h18,20,48,52,57-58,62-63H,3-17,19,21-47,49-51,53-56H2,1-2H3,(H,61,64)/b20-18-,52-48+. The number of carbonyl (C=O) groups is 2. The molecular weight excluding hydrogens is 815 g/mol. The zero-order valence-corrected chi connectivity index (χ0v) is 44.4. The number of unbranched alkanes of at least 4 members (excludes halogenated alkanes) is 42. The van der Waals surface area contributed by atoms with E-state index in [1.54, 1.807) is 6.08 Å². The van der Waals surface area contributed by atoms with Crippen molar-refractivity contribution >= 4 is 11.9 Å². The predicted octanol–water partition coefficient (Wildman–Crippen LogP) is 18.2. The molecule has 0 fully saturated rings. The smallest absolute Gasteiger partial charge is 0.305 e. The quantitative estimate of drug-likeness (QED) is 0.0321. The molecule has 2 atom stereocenters. The Morgan fingerprint density at radius 1 is 0.409 bits per heavy atom. The zero-order chi connectivity index (χ0) is 47.9. The second-order valence-corrected chi connectivity index (χ2v) is 20.3. The van der Waals surface area contributed by atoms with Crippen LogP contribution in [0.5, 0.6) is 0 Å². The summed E-state index contributed by atoms with van der Waals surface area (Å²) in [4.78, 5) is 24.6. The summed E-state index contributed by atoms with van der Waals surface area (Å²) in [5, 5.41) is 23.1. The number of allylic oxidation sites excluding steroid dienone is 3. The van der Waals surface area contributed by atoms with Crippen LogP contribution in [0.4, 0.5) is 0 Å². The van der Waals surface area contributed by atoms with Crippen molar-refractivity contribution in [3.8, 4) is 0 Å². The van der Waals surface area contributed by atoms with Crippen LogP contribution in [-0.2, 0) is 14.3 Å². The van der Waals surface area contributed by atoms with Crippen molar-refractivity contribution in [2.45, 2.75) is 334 Å². The molecule has 0 rings (SSSR count). The Morgan fingerprint density at radius 3 is 1.08 bits per heavy atom. The van der Waals surface area contributed by atoms with Gasteiger partial charge in [0.15, 0.2) is 0 Å². The van der Waals surface area contributed by atoms with Crippen LogP contribution in [0.3, 0.4) is 0 Å². The largest absolute Gasteiger partial charge is 0.466 e. The number of hydrogen-bond acceptors (Lipinski definition) is 5. The summed E-state index contributed by atoms with van der Waals surface area (Å²) in [6.07, 6.45) is 67.7. The van der Waals surface area contributed by atoms with E-state index in [1.165, 1.54) is 238 Å². The van der Waals surface area contributed by atoms with Gasteiger partial charge in [0.2, 0.25) is 5.91 Å². The maximum absolute atomic E-state index is 12.5. The van der Waals surface area contributed by atoms with Crippen molar-refractivity contribution in [3.05, 3.63) is 24.3 Å². The molecule has 1 amide bonds. The monoisotopic (exact) mass is 930 g/mol. The highest BCUT2D eigenvalue weighted by Gasteiger charge is 2.18. The topological polar surface area (TPSA) is 95.9 Å². The van der Waals surface area contributed by atoms with Crippen molar-refractivity contribution in [1.82, 2.24) is 5.32 Å². The van der Waals surface area contributed by atoms with E-state index in [-0.39, 0.29) is 18.5 Å². The SMILES string of the molecule is CCCCCCCC/C=C\CCCCCCCCCCCC(=O)OCCCCCCCCCCCCCC(=O)NC(CO)C(O)/C=C/CCCCCCCCCCCCCCCCCCC. The Balaban J connectivity index is 3.48. The lowest BCUT2D eigenvalue weighted by Gasteiger charge is -2.20. The van der Waals surface area contributed by atoms with Crippen LogP contribution in [0.2, 0.25) is 0 Å². The lowest BCUT2D eigenvalue weighted by atomic mass is 10.0. The molecule has 0 bridgehead atoms. The van der Waals surface area contributed by atoms with Gasteiger partial charge >= 0.3 is 5.97 Å². The molecule has 0 saturated carbocycles. The Bertz CT molecular complexity index is 1030. The molecule has 0 aromatic heterocycles. The third-order valence-electron chi connectivity index (χ3n) is 13.7. The molecular formula is C60H115NO5. The predicted molar refractivity (Wildman–Crippen MR) is 287 cm³/mol. The van der Waals surface area contributed by atoms with Crippen LogP contribution >= 0.6 is 0 Å². The molecule has 0 aliphatic heterocycles. The number of aliphatic hydroxyl groups excluding tert-OH is 2. The number of nitrogens with one attached hydrogen (secondary N) is 1. The lowest BCUT2D eigenvalue weighted by molar-refractivity contribution is -0.143. The van der Waals surface area contributed by atoms with E-state index in [2.05, 4.69) is 31.3 Å². The third-order valence-corrected chi connectivity index (χ3v) is 13.7. The fourth-order valence-electron chi connectivity index (χ4n) is 9.16. The van der Waals surface area contributed by atoms with Gasteiger partial charge in [-0.25, -0.2) is 0 Å². The molecule has 3 N–H and O–H groups in total. The van der Waals surface area contributed by atoms with E-state index in [0.717, 1.165) is 57.8 Å². The molecule has 0 aromatic carbocycles. The number of hydrogen-bond donors (Lipinski definition) is 3. The number of ether oxygens (including phenoxy) is 1. The van der Waals surface area contributed by atoms with E-state index < -0.39 is 12.1 Å². The first-order chi connectivity index (χ1) is 32.5. The van der Waals surface area contributed by atoms with Crippen molar-refractivity contribution in [2.24, 2.45) is 0 Å². The molecule has 0 heterocycles. The second kappa shape index (κ2) is 55.9. The van der Waals surface area contributed by atoms with Crippen molar-refractivity contribution in [2.75, 3.05) is 13.2 Å². The van der Waals surface area contributed by atoms with Gasteiger partial charge in [-0.3, -0.25) is 9.59 Å². The Morgan fingerprint density at radius 2 is 0.712 bits per heavy atom. The summed E-state index contributed by atoms with van der Waals surface area (Å²) in [5.41, 5.74) is 0. The van der Waals surface area contributed by atoms with Gasteiger partial charge in [-0.2, -0.15) is 0 Å². The van der Waals surface area contributed by atoms with Crippen LogP contribution in [0.15, 0.2) is 24.3 Å². The molecule has 2 unspecified atom stereocenters. The summed E-state index contributed by atoms with van der Waals surface area (Å²) in [6.45, 7) is 4.88. The van der Waals surface area contributed by atoms with Gasteiger partial charge in [-0.1, -0.05) is 276 Å². The molecule has 0 aromatic rings. The van der Waals surface area contributed by atoms with Gasteiger partial charge in [-0.15, -0.1) is 0 Å². The van der Waals surface area contributed by atoms with Crippen LogP contribution in [-0.4, -0.2) is 47.4 Å². The summed E-state index contributed by atoms with van der Waals surface area (Å²) < 4.78 is 5.48. The zero-order valence-electron chi connectivity index (χ0n) is 44.4. The second-order valence-electron chi connectivity index (χ2n) is 20.3. The van der Waals surface area contributed by atoms with Gasteiger partial charge in [0, 0.05) is 12.8 Å². The van der Waals surface area contributed by atoms with Crippen LogP contribution in [0.25, 0.3) is 0 Å². The minimum Gasteiger partial charge on any atom is -0.466 e. The van der Waals surface area contributed by atoms with E-state index in [0.29, 0.717) is 19.4 Å². The van der Waals surface area contributed by atoms with Gasteiger partial charge in [0.25, 0.3) is 0 Å². The molecule has 0 spiro atoms. The van der Waals surface area contributed by atoms with Gasteiger partial charge in [-0.05, 0) is 57.8 Å². The van der Waals surface area contributed by atoms with E-state index >= 15 is 0 Å². The van der Waals surface area contributed by atoms with Gasteiger partial charge in [0.1, 0.15) is 0 Å². The normalized spacial score (nSPS) is 12.7. The molecule has 6 heteroatoms. The first kappa shape index (κ1) is 64.3. The van der Waals surface area contributed by atoms with Crippen LogP contribution in [0.1, 0.15) is 322 Å². The number of aliphatic hydroxyl groups is 2. The fraction of sp³-hybridized carbons (Fsp3) is 0.900. The summed E-state index contributed by atoms with van der Waals surface area (Å²) in [5.74, 6) is -0.0995. The molecule has 0 saturated heterocycles. The Labute approximate surface area is 411 Å². The summed E-state index contributed by atoms with van der Waals surface area (Å²) in [7, 11) is 0. The average Bonchev–Trinajstić information content (AvgIpc) is 3.32. The number of amides is 1. The van der Waals surface area contributed by atoms with Crippen molar-refractivity contribution in [1.29, 1.82) is 0 Å². The highest BCUT2D eigenvalue weighted by atomic mass is 16.5. The minimum atomic E-state index is -0.857. The molecule has 0 aliphatic carbocycles. The highest BCUT2D eigenvalue weighted by Crippen LogP contribution is 2.17. The minimum absolute atomic E-state index is 0.0152. The molecule has 6 nitrogen and oxygen atoms in total. The molecule has 0 aliphatic rings.